The Morgan fingerprint density at radius 1 is 0.972 bits per heavy atom. The molecule has 0 unspecified atom stereocenters. The molecule has 0 spiro atoms. The largest absolute Gasteiger partial charge is 0.518 e. The Balaban J connectivity index is 2.34. The highest BCUT2D eigenvalue weighted by atomic mass is 28.4. The van der Waals surface area contributed by atoms with Crippen molar-refractivity contribution in [2.75, 3.05) is 6.61 Å². The lowest BCUT2D eigenvalue weighted by molar-refractivity contribution is -0.142. The predicted molar refractivity (Wildman–Crippen MR) is 156 cm³/mol. The van der Waals surface area contributed by atoms with Crippen LogP contribution in [0.4, 0.5) is 0 Å². The number of aryl methyl sites for hydroxylation is 1. The Morgan fingerprint density at radius 2 is 1.47 bits per heavy atom. The lowest BCUT2D eigenvalue weighted by atomic mass is 9.86. The number of carbonyl (C=O) groups excluding carboxylic acids is 2. The minimum atomic E-state index is -2.14. The molecule has 36 heavy (non-hydrogen) atoms. The molecule has 1 aliphatic carbocycles. The molecule has 0 bridgehead atoms. The molecule has 0 aromatic heterocycles. The summed E-state index contributed by atoms with van der Waals surface area (Å²) in [5, 5.41) is 0. The van der Waals surface area contributed by atoms with Crippen molar-refractivity contribution in [2.45, 2.75) is 131 Å². The molecule has 0 saturated heterocycles. The monoisotopic (exact) mass is 532 g/mol. The van der Waals surface area contributed by atoms with Crippen LogP contribution in [0, 0.1) is 19.3 Å². The minimum Gasteiger partial charge on any atom is -0.518 e. The van der Waals surface area contributed by atoms with Crippen molar-refractivity contribution >= 4 is 28.4 Å². The number of fused-ring (bicyclic) bond motifs is 1. The number of hydrogen-bond acceptors (Lipinski definition) is 4. The molecule has 1 atom stereocenters. The van der Waals surface area contributed by atoms with E-state index in [1.54, 1.807) is 6.92 Å². The fourth-order valence-corrected chi connectivity index (χ4v) is 15.0. The number of ketones is 1. The number of benzene rings is 1. The Morgan fingerprint density at radius 3 is 1.92 bits per heavy atom. The second-order valence-electron chi connectivity index (χ2n) is 12.2. The Hall–Kier alpha value is -1.25. The van der Waals surface area contributed by atoms with Crippen molar-refractivity contribution in [3.63, 3.8) is 0 Å². The summed E-state index contributed by atoms with van der Waals surface area (Å²) in [6.07, 6.45) is 1.22. The average molecular weight is 533 g/mol. The summed E-state index contributed by atoms with van der Waals surface area (Å²) < 4.78 is 13.0. The van der Waals surface area contributed by atoms with Crippen LogP contribution in [0.5, 0.6) is 0 Å². The van der Waals surface area contributed by atoms with E-state index >= 15 is 0 Å². The molecule has 0 heterocycles. The van der Waals surface area contributed by atoms with Gasteiger partial charge < -0.3 is 8.85 Å². The molecule has 1 aromatic rings. The van der Waals surface area contributed by atoms with E-state index in [0.717, 1.165) is 41.2 Å². The van der Waals surface area contributed by atoms with Crippen LogP contribution < -0.4 is 0 Å². The van der Waals surface area contributed by atoms with E-state index in [2.05, 4.69) is 82.2 Å². The third-order valence-electron chi connectivity index (χ3n) is 9.39. The molecule has 0 amide bonds. The molecule has 0 saturated carbocycles. The number of Topliss-reactive ketones (excluding diaryl/α,β-unsaturated/α-hetero) is 1. The van der Waals surface area contributed by atoms with Crippen LogP contribution in [-0.2, 0) is 26.5 Å². The molecule has 1 aromatic carbocycles. The summed E-state index contributed by atoms with van der Waals surface area (Å²) >= 11 is 0. The highest BCUT2D eigenvalue weighted by Gasteiger charge is 2.52. The zero-order valence-corrected chi connectivity index (χ0v) is 27.2. The second kappa shape index (κ2) is 11.6. The molecule has 0 radical (unpaired) electrons. The van der Waals surface area contributed by atoms with Gasteiger partial charge in [0.1, 0.15) is 5.41 Å². The van der Waals surface area contributed by atoms with Gasteiger partial charge in [0.15, 0.2) is 14.1 Å². The second-order valence-corrected chi connectivity index (χ2v) is 22.4. The third kappa shape index (κ3) is 5.32. The Bertz CT molecular complexity index is 932. The van der Waals surface area contributed by atoms with Gasteiger partial charge in [-0.25, -0.2) is 0 Å². The van der Waals surface area contributed by atoms with Crippen LogP contribution in [0.15, 0.2) is 6.07 Å². The first-order chi connectivity index (χ1) is 16.7. The first kappa shape index (κ1) is 31.0. The van der Waals surface area contributed by atoms with Crippen molar-refractivity contribution < 1.29 is 18.4 Å². The van der Waals surface area contributed by atoms with Crippen LogP contribution in [0.2, 0.25) is 34.8 Å². The fraction of sp³-hybridized carbons (Fsp3) is 0.733. The number of hydrogen-bond donors (Lipinski definition) is 0. The van der Waals surface area contributed by atoms with E-state index in [1.165, 1.54) is 11.1 Å². The van der Waals surface area contributed by atoms with Gasteiger partial charge in [0.2, 0.25) is 0 Å². The first-order valence-corrected chi connectivity index (χ1v) is 18.9. The number of carbonyl (C=O) groups is 2. The first-order valence-electron chi connectivity index (χ1n) is 14.2. The molecule has 204 valence electrons. The average Bonchev–Trinajstić information content (AvgIpc) is 3.06. The topological polar surface area (TPSA) is 52.6 Å². The third-order valence-corrected chi connectivity index (χ3v) is 20.0. The van der Waals surface area contributed by atoms with Crippen molar-refractivity contribution in [3.05, 3.63) is 33.9 Å². The molecule has 4 nitrogen and oxygen atoms in total. The van der Waals surface area contributed by atoms with Crippen molar-refractivity contribution in [2.24, 2.45) is 5.41 Å². The molecule has 6 heteroatoms. The van der Waals surface area contributed by atoms with Gasteiger partial charge in [0, 0.05) is 12.2 Å². The molecule has 1 aliphatic rings. The van der Waals surface area contributed by atoms with E-state index in [0.29, 0.717) is 29.7 Å². The number of rotatable bonds is 12. The lowest BCUT2D eigenvalue weighted by Gasteiger charge is -2.42. The summed E-state index contributed by atoms with van der Waals surface area (Å²) in [6, 6.07) is 4.80. The van der Waals surface area contributed by atoms with E-state index in [-0.39, 0.29) is 11.8 Å². The van der Waals surface area contributed by atoms with Gasteiger partial charge >= 0.3 is 5.97 Å². The highest BCUT2D eigenvalue weighted by molar-refractivity contribution is 6.77. The summed E-state index contributed by atoms with van der Waals surface area (Å²) in [6.45, 7) is 26.8. The van der Waals surface area contributed by atoms with Gasteiger partial charge in [-0.15, -0.1) is 0 Å². The molecule has 0 aliphatic heterocycles. The molecular weight excluding hydrogens is 480 g/mol. The molecule has 0 N–H and O–H groups in total. The zero-order valence-electron chi connectivity index (χ0n) is 25.2. The summed E-state index contributed by atoms with van der Waals surface area (Å²) in [7, 11) is -4.09. The molecule has 2 rings (SSSR count). The standard InChI is InChI=1S/C30H52O4Si2/c1-13-35(14-2,15-3)34-29(32)30(12)19-25-18-23(10)26(24(11)27(25)28(30)31)16-17-33-36(20(4)5,21(6)7)22(8)9/h18,20-22H,13-17,19H2,1-12H3/t30-/m0/s1. The van der Waals surface area contributed by atoms with Crippen molar-refractivity contribution in [1.29, 1.82) is 0 Å². The lowest BCUT2D eigenvalue weighted by Crippen LogP contribution is -2.48. The fourth-order valence-electron chi connectivity index (χ4n) is 6.96. The summed E-state index contributed by atoms with van der Waals surface area (Å²) in [5.74, 6) is -0.381. The summed E-state index contributed by atoms with van der Waals surface area (Å²) in [4.78, 5) is 27.3. The maximum Gasteiger partial charge on any atom is 0.306 e. The highest BCUT2D eigenvalue weighted by Crippen LogP contribution is 2.44. The van der Waals surface area contributed by atoms with Crippen LogP contribution in [0.3, 0.4) is 0 Å². The van der Waals surface area contributed by atoms with Gasteiger partial charge in [-0.3, -0.25) is 9.59 Å². The van der Waals surface area contributed by atoms with Crippen LogP contribution in [0.25, 0.3) is 0 Å². The van der Waals surface area contributed by atoms with Crippen molar-refractivity contribution in [1.82, 2.24) is 0 Å². The quantitative estimate of drug-likeness (QED) is 0.200. The minimum absolute atomic E-state index is 0.0661. The van der Waals surface area contributed by atoms with Gasteiger partial charge in [-0.05, 0) is 90.6 Å². The Kier molecular flexibility index (Phi) is 10.0. The SMILES string of the molecule is CC[Si](CC)(CC)OC(=O)[C@@]1(C)Cc2cc(C)c(CCO[Si](C(C)C)(C(C)C)C(C)C)c(C)c2C1=O. The van der Waals surface area contributed by atoms with Gasteiger partial charge in [-0.2, -0.15) is 0 Å². The van der Waals surface area contributed by atoms with Crippen LogP contribution in [-0.4, -0.2) is 35.0 Å². The maximum absolute atomic E-state index is 13.8. The van der Waals surface area contributed by atoms with E-state index in [4.69, 9.17) is 8.85 Å². The van der Waals surface area contributed by atoms with E-state index < -0.39 is 22.0 Å². The smallest absolute Gasteiger partial charge is 0.306 e. The maximum atomic E-state index is 13.8. The molecular formula is C30H52O4Si2. The van der Waals surface area contributed by atoms with Crippen molar-refractivity contribution in [3.8, 4) is 0 Å². The van der Waals surface area contributed by atoms with Crippen LogP contribution in [0.1, 0.15) is 102 Å². The van der Waals surface area contributed by atoms with Gasteiger partial charge in [-0.1, -0.05) is 68.4 Å². The van der Waals surface area contributed by atoms with E-state index in [9.17, 15) is 9.59 Å². The zero-order chi connectivity index (χ0) is 27.6. The van der Waals surface area contributed by atoms with E-state index in [1.807, 2.05) is 0 Å². The Labute approximate surface area is 223 Å². The summed E-state index contributed by atoms with van der Waals surface area (Å²) in [5.41, 5.74) is 5.63. The normalized spacial score (nSPS) is 18.5. The van der Waals surface area contributed by atoms with Gasteiger partial charge in [0.05, 0.1) is 0 Å². The molecule has 0 fully saturated rings. The predicted octanol–water partition coefficient (Wildman–Crippen LogP) is 8.33. The van der Waals surface area contributed by atoms with Gasteiger partial charge in [0.25, 0.3) is 8.32 Å². The van der Waals surface area contributed by atoms with Crippen LogP contribution >= 0.6 is 0 Å².